The van der Waals surface area contributed by atoms with Crippen molar-refractivity contribution in [3.8, 4) is 0 Å². The lowest BCUT2D eigenvalue weighted by molar-refractivity contribution is 0.360. The fourth-order valence-corrected chi connectivity index (χ4v) is 2.50. The molecule has 1 saturated heterocycles. The summed E-state index contributed by atoms with van der Waals surface area (Å²) in [5.74, 6) is 0.782. The van der Waals surface area contributed by atoms with Crippen LogP contribution in [0.1, 0.15) is 29.1 Å². The molecule has 0 atom stereocenters. The van der Waals surface area contributed by atoms with Gasteiger partial charge in [0.2, 0.25) is 0 Å². The molecular weight excluding hydrogens is 194 g/mol. The predicted molar refractivity (Wildman–Crippen MR) is 58.8 cm³/mol. The predicted octanol–water partition coefficient (Wildman–Crippen LogP) is 2.41. The van der Waals surface area contributed by atoms with Crippen LogP contribution in [-0.2, 0) is 6.54 Å². The summed E-state index contributed by atoms with van der Waals surface area (Å²) in [6, 6.07) is 0. The van der Waals surface area contributed by atoms with Crippen LogP contribution in [0.15, 0.2) is 6.20 Å². The SMILES string of the molecule is Cc1cnc(CN2CCCCC2=N)s1. The molecule has 1 aliphatic rings. The third-order valence-corrected chi connectivity index (χ3v) is 3.37. The smallest absolute Gasteiger partial charge is 0.112 e. The third-order valence-electron chi connectivity index (χ3n) is 2.47. The van der Waals surface area contributed by atoms with Crippen LogP contribution in [0.4, 0.5) is 0 Å². The van der Waals surface area contributed by atoms with Gasteiger partial charge in [-0.25, -0.2) is 4.98 Å². The number of nitrogens with one attached hydrogen (secondary N) is 1. The maximum absolute atomic E-state index is 7.80. The lowest BCUT2D eigenvalue weighted by Gasteiger charge is -2.28. The number of piperidine rings is 1. The van der Waals surface area contributed by atoms with Crippen LogP contribution in [0, 0.1) is 12.3 Å². The van der Waals surface area contributed by atoms with Crippen molar-refractivity contribution in [2.75, 3.05) is 6.54 Å². The van der Waals surface area contributed by atoms with Gasteiger partial charge in [-0.2, -0.15) is 0 Å². The zero-order chi connectivity index (χ0) is 9.97. The highest BCUT2D eigenvalue weighted by Crippen LogP contribution is 2.17. The van der Waals surface area contributed by atoms with Crippen molar-refractivity contribution in [3.63, 3.8) is 0 Å². The van der Waals surface area contributed by atoms with E-state index >= 15 is 0 Å². The normalized spacial score (nSPS) is 17.5. The average molecular weight is 209 g/mol. The van der Waals surface area contributed by atoms with E-state index in [1.54, 1.807) is 11.3 Å². The maximum Gasteiger partial charge on any atom is 0.112 e. The Balaban J connectivity index is 1.99. The lowest BCUT2D eigenvalue weighted by atomic mass is 10.1. The molecule has 2 rings (SSSR count). The number of hydrogen-bond donors (Lipinski definition) is 1. The molecule has 0 unspecified atom stereocenters. The van der Waals surface area contributed by atoms with Crippen molar-refractivity contribution in [3.05, 3.63) is 16.1 Å². The quantitative estimate of drug-likeness (QED) is 0.812. The van der Waals surface area contributed by atoms with Crippen molar-refractivity contribution >= 4 is 17.2 Å². The number of hydrogen-bond acceptors (Lipinski definition) is 3. The summed E-state index contributed by atoms with van der Waals surface area (Å²) >= 11 is 1.73. The monoisotopic (exact) mass is 209 g/mol. The van der Waals surface area contributed by atoms with Crippen LogP contribution in [0.2, 0.25) is 0 Å². The van der Waals surface area contributed by atoms with Gasteiger partial charge in [-0.3, -0.25) is 5.41 Å². The molecule has 1 aliphatic heterocycles. The molecule has 1 N–H and O–H groups in total. The highest BCUT2D eigenvalue weighted by Gasteiger charge is 2.15. The van der Waals surface area contributed by atoms with E-state index in [1.165, 1.54) is 17.7 Å². The fraction of sp³-hybridized carbons (Fsp3) is 0.600. The van der Waals surface area contributed by atoms with Gasteiger partial charge in [0, 0.05) is 24.0 Å². The molecule has 14 heavy (non-hydrogen) atoms. The van der Waals surface area contributed by atoms with Crippen LogP contribution in [0.5, 0.6) is 0 Å². The van der Waals surface area contributed by atoms with Gasteiger partial charge in [-0.15, -0.1) is 11.3 Å². The summed E-state index contributed by atoms with van der Waals surface area (Å²) in [4.78, 5) is 7.72. The summed E-state index contributed by atoms with van der Waals surface area (Å²) in [5.41, 5.74) is 0. The Labute approximate surface area is 88.3 Å². The van der Waals surface area contributed by atoms with Crippen LogP contribution in [0.25, 0.3) is 0 Å². The number of thiazole rings is 1. The van der Waals surface area contributed by atoms with Crippen LogP contribution < -0.4 is 0 Å². The highest BCUT2D eigenvalue weighted by atomic mass is 32.1. The second-order valence-corrected chi connectivity index (χ2v) is 5.01. The standard InChI is InChI=1S/C10H15N3S/c1-8-6-12-10(14-8)7-13-5-3-2-4-9(13)11/h6,11H,2-5,7H2,1H3. The molecular formula is C10H15N3S. The number of nitrogens with zero attached hydrogens (tertiary/aromatic N) is 2. The number of likely N-dealkylation sites (tertiary alicyclic amines) is 1. The molecule has 0 spiro atoms. The van der Waals surface area contributed by atoms with Crippen molar-refractivity contribution < 1.29 is 0 Å². The first-order valence-electron chi connectivity index (χ1n) is 4.99. The minimum Gasteiger partial charge on any atom is -0.354 e. The Morgan fingerprint density at radius 3 is 3.07 bits per heavy atom. The molecule has 1 fully saturated rings. The zero-order valence-corrected chi connectivity index (χ0v) is 9.23. The molecule has 0 aliphatic carbocycles. The minimum absolute atomic E-state index is 0.782. The summed E-state index contributed by atoms with van der Waals surface area (Å²) in [6.07, 6.45) is 5.23. The van der Waals surface area contributed by atoms with E-state index in [9.17, 15) is 0 Å². The van der Waals surface area contributed by atoms with Crippen LogP contribution in [0.3, 0.4) is 0 Å². The van der Waals surface area contributed by atoms with Crippen molar-refractivity contribution in [1.29, 1.82) is 5.41 Å². The summed E-state index contributed by atoms with van der Waals surface area (Å²) in [7, 11) is 0. The molecule has 76 valence electrons. The van der Waals surface area contributed by atoms with Crippen LogP contribution >= 0.6 is 11.3 Å². The van der Waals surface area contributed by atoms with E-state index in [0.717, 1.165) is 30.4 Å². The second-order valence-electron chi connectivity index (χ2n) is 3.69. The molecule has 0 bridgehead atoms. The number of amidine groups is 1. The summed E-state index contributed by atoms with van der Waals surface area (Å²) in [5, 5.41) is 8.94. The number of aryl methyl sites for hydroxylation is 1. The van der Waals surface area contributed by atoms with Crippen molar-refractivity contribution in [1.82, 2.24) is 9.88 Å². The Hall–Kier alpha value is -0.900. The second kappa shape index (κ2) is 4.09. The maximum atomic E-state index is 7.80. The first-order chi connectivity index (χ1) is 6.75. The molecule has 1 aromatic heterocycles. The molecule has 0 radical (unpaired) electrons. The van der Waals surface area contributed by atoms with Gasteiger partial charge in [-0.05, 0) is 19.8 Å². The van der Waals surface area contributed by atoms with Gasteiger partial charge >= 0.3 is 0 Å². The fourth-order valence-electron chi connectivity index (χ4n) is 1.70. The Kier molecular flexibility index (Phi) is 2.82. The van der Waals surface area contributed by atoms with Crippen LogP contribution in [-0.4, -0.2) is 22.3 Å². The molecule has 0 aromatic carbocycles. The van der Waals surface area contributed by atoms with Crippen molar-refractivity contribution in [2.24, 2.45) is 0 Å². The Bertz CT molecular complexity index is 332. The van der Waals surface area contributed by atoms with E-state index in [-0.39, 0.29) is 0 Å². The average Bonchev–Trinajstić information content (AvgIpc) is 2.56. The largest absolute Gasteiger partial charge is 0.354 e. The van der Waals surface area contributed by atoms with Gasteiger partial charge in [0.15, 0.2) is 0 Å². The minimum atomic E-state index is 0.782. The summed E-state index contributed by atoms with van der Waals surface area (Å²) in [6.45, 7) is 3.93. The molecule has 3 nitrogen and oxygen atoms in total. The molecule has 1 aromatic rings. The molecule has 4 heteroatoms. The molecule has 0 amide bonds. The van der Waals surface area contributed by atoms with Gasteiger partial charge in [0.05, 0.1) is 12.4 Å². The molecule has 2 heterocycles. The van der Waals surface area contributed by atoms with Gasteiger partial charge in [0.1, 0.15) is 5.01 Å². The van der Waals surface area contributed by atoms with E-state index in [2.05, 4.69) is 16.8 Å². The third kappa shape index (κ3) is 2.12. The zero-order valence-electron chi connectivity index (χ0n) is 8.42. The number of aromatic nitrogens is 1. The molecule has 0 saturated carbocycles. The topological polar surface area (TPSA) is 40.0 Å². The van der Waals surface area contributed by atoms with E-state index in [1.807, 2.05) is 6.20 Å². The summed E-state index contributed by atoms with van der Waals surface area (Å²) < 4.78 is 0. The van der Waals surface area contributed by atoms with Gasteiger partial charge in [0.25, 0.3) is 0 Å². The van der Waals surface area contributed by atoms with E-state index in [4.69, 9.17) is 5.41 Å². The lowest BCUT2D eigenvalue weighted by Crippen LogP contribution is -2.34. The first-order valence-corrected chi connectivity index (χ1v) is 5.81. The Morgan fingerprint density at radius 1 is 1.57 bits per heavy atom. The Morgan fingerprint density at radius 2 is 2.43 bits per heavy atom. The van der Waals surface area contributed by atoms with E-state index < -0.39 is 0 Å². The van der Waals surface area contributed by atoms with E-state index in [0.29, 0.717) is 0 Å². The number of rotatable bonds is 2. The van der Waals surface area contributed by atoms with Gasteiger partial charge < -0.3 is 4.90 Å². The highest BCUT2D eigenvalue weighted by molar-refractivity contribution is 7.11. The first kappa shape index (κ1) is 9.65. The van der Waals surface area contributed by atoms with Gasteiger partial charge in [-0.1, -0.05) is 0 Å². The van der Waals surface area contributed by atoms with Crippen molar-refractivity contribution in [2.45, 2.75) is 32.7 Å².